The number of ketones is 1. The van der Waals surface area contributed by atoms with Gasteiger partial charge in [-0.2, -0.15) is 0 Å². The molecular weight excluding hydrogens is 321 g/mol. The fourth-order valence-corrected chi connectivity index (χ4v) is 2.98. The topological polar surface area (TPSA) is 77.0 Å². The van der Waals surface area contributed by atoms with Gasteiger partial charge in [-0.3, -0.25) is 9.36 Å². The third-order valence-electron chi connectivity index (χ3n) is 3.23. The summed E-state index contributed by atoms with van der Waals surface area (Å²) in [6, 6.07) is 5.40. The van der Waals surface area contributed by atoms with Crippen LogP contribution in [-0.4, -0.2) is 39.5 Å². The van der Waals surface area contributed by atoms with Crippen LogP contribution in [0.4, 0.5) is 4.39 Å². The number of carbonyl (C=O) groups excluding carboxylic acids is 1. The van der Waals surface area contributed by atoms with Crippen LogP contribution in [0.15, 0.2) is 34.2 Å². The number of hydrogen-bond donors (Lipinski definition) is 1. The molecule has 2 rings (SSSR count). The average molecular weight is 339 g/mol. The van der Waals surface area contributed by atoms with E-state index in [1.54, 1.807) is 14.0 Å². The number of aromatic nitrogens is 3. The van der Waals surface area contributed by atoms with E-state index in [1.165, 1.54) is 40.6 Å². The van der Waals surface area contributed by atoms with Crippen molar-refractivity contribution in [1.29, 1.82) is 0 Å². The van der Waals surface area contributed by atoms with Gasteiger partial charge in [0.05, 0.1) is 5.25 Å². The molecule has 1 atom stereocenters. The second kappa shape index (κ2) is 8.07. The van der Waals surface area contributed by atoms with Crippen LogP contribution in [0, 0.1) is 5.82 Å². The number of benzene rings is 1. The van der Waals surface area contributed by atoms with Gasteiger partial charge in [-0.1, -0.05) is 11.8 Å². The third kappa shape index (κ3) is 4.52. The standard InChI is InChI=1S/C15H18FN3O3S/c1-10(13(20)11-4-6-12(16)7-5-11)23-15-18-17-14(21)19(15)8-3-9-22-2/h4-7,10H,3,8-9H2,1-2H3,(H,17,21). The summed E-state index contributed by atoms with van der Waals surface area (Å²) in [6.07, 6.45) is 0.670. The van der Waals surface area contributed by atoms with Crippen LogP contribution in [0.5, 0.6) is 0 Å². The zero-order chi connectivity index (χ0) is 16.8. The Kier molecular flexibility index (Phi) is 6.12. The molecule has 0 radical (unpaired) electrons. The van der Waals surface area contributed by atoms with Crippen molar-refractivity contribution < 1.29 is 13.9 Å². The molecule has 8 heteroatoms. The first-order valence-electron chi connectivity index (χ1n) is 7.13. The number of Topliss-reactive ketones (excluding diaryl/α,β-unsaturated/α-hetero) is 1. The molecule has 1 aromatic heterocycles. The number of ether oxygens (including phenoxy) is 1. The number of hydrogen-bond acceptors (Lipinski definition) is 5. The first kappa shape index (κ1) is 17.4. The maximum absolute atomic E-state index is 12.9. The molecule has 0 aliphatic rings. The molecule has 2 aromatic rings. The lowest BCUT2D eigenvalue weighted by Crippen LogP contribution is -2.20. The van der Waals surface area contributed by atoms with Gasteiger partial charge < -0.3 is 4.74 Å². The van der Waals surface area contributed by atoms with E-state index in [2.05, 4.69) is 10.2 Å². The van der Waals surface area contributed by atoms with Crippen LogP contribution in [0.2, 0.25) is 0 Å². The van der Waals surface area contributed by atoms with Crippen LogP contribution in [-0.2, 0) is 11.3 Å². The molecule has 0 fully saturated rings. The molecule has 124 valence electrons. The first-order chi connectivity index (χ1) is 11.0. The molecule has 1 N–H and O–H groups in total. The number of thioether (sulfide) groups is 1. The molecule has 0 spiro atoms. The molecule has 0 bridgehead atoms. The molecule has 1 heterocycles. The van der Waals surface area contributed by atoms with E-state index in [0.29, 0.717) is 30.3 Å². The quantitative estimate of drug-likeness (QED) is 0.453. The van der Waals surface area contributed by atoms with Gasteiger partial charge >= 0.3 is 5.69 Å². The summed E-state index contributed by atoms with van der Waals surface area (Å²) in [7, 11) is 1.59. The molecule has 0 aliphatic carbocycles. The second-order valence-electron chi connectivity index (χ2n) is 4.94. The van der Waals surface area contributed by atoms with Crippen LogP contribution >= 0.6 is 11.8 Å². The number of nitrogens with zero attached hydrogens (tertiary/aromatic N) is 2. The van der Waals surface area contributed by atoms with E-state index >= 15 is 0 Å². The van der Waals surface area contributed by atoms with Gasteiger partial charge in [0.1, 0.15) is 5.82 Å². The molecule has 1 unspecified atom stereocenters. The Balaban J connectivity index is 2.07. The summed E-state index contributed by atoms with van der Waals surface area (Å²) in [5.74, 6) is -0.532. The highest BCUT2D eigenvalue weighted by Gasteiger charge is 2.20. The Morgan fingerprint density at radius 2 is 2.13 bits per heavy atom. The predicted octanol–water partition coefficient (Wildman–Crippen LogP) is 2.11. The van der Waals surface area contributed by atoms with E-state index in [9.17, 15) is 14.0 Å². The third-order valence-corrected chi connectivity index (χ3v) is 4.32. The monoisotopic (exact) mass is 339 g/mol. The summed E-state index contributed by atoms with van der Waals surface area (Å²) in [4.78, 5) is 24.1. The number of nitrogens with one attached hydrogen (secondary N) is 1. The number of halogens is 1. The lowest BCUT2D eigenvalue weighted by molar-refractivity contribution is 0.0993. The van der Waals surface area contributed by atoms with Gasteiger partial charge in [0.2, 0.25) is 0 Å². The molecule has 0 aliphatic heterocycles. The van der Waals surface area contributed by atoms with Crippen LogP contribution in [0.3, 0.4) is 0 Å². The Hall–Kier alpha value is -1.93. The zero-order valence-corrected chi connectivity index (χ0v) is 13.7. The number of aromatic amines is 1. The van der Waals surface area contributed by atoms with Gasteiger partial charge in [0, 0.05) is 25.8 Å². The van der Waals surface area contributed by atoms with Crippen molar-refractivity contribution in [3.8, 4) is 0 Å². The van der Waals surface area contributed by atoms with Crippen molar-refractivity contribution in [3.05, 3.63) is 46.1 Å². The Labute approximate surface area is 137 Å². The minimum absolute atomic E-state index is 0.145. The van der Waals surface area contributed by atoms with Crippen molar-refractivity contribution in [3.63, 3.8) is 0 Å². The van der Waals surface area contributed by atoms with Gasteiger partial charge in [0.15, 0.2) is 10.9 Å². The largest absolute Gasteiger partial charge is 0.385 e. The molecule has 1 aromatic carbocycles. The molecule has 0 saturated heterocycles. The van der Waals surface area contributed by atoms with Gasteiger partial charge in [0.25, 0.3) is 0 Å². The van der Waals surface area contributed by atoms with Crippen molar-refractivity contribution in [2.24, 2.45) is 0 Å². The smallest absolute Gasteiger partial charge is 0.343 e. The molecular formula is C15H18FN3O3S. The Morgan fingerprint density at radius 3 is 2.78 bits per heavy atom. The highest BCUT2D eigenvalue weighted by atomic mass is 32.2. The SMILES string of the molecule is COCCCn1c(SC(C)C(=O)c2ccc(F)cc2)n[nH]c1=O. The molecule has 0 amide bonds. The minimum atomic E-state index is -0.447. The van der Waals surface area contributed by atoms with Crippen LogP contribution < -0.4 is 5.69 Å². The Morgan fingerprint density at radius 1 is 1.43 bits per heavy atom. The normalized spacial score (nSPS) is 12.3. The fraction of sp³-hybridized carbons (Fsp3) is 0.400. The minimum Gasteiger partial charge on any atom is -0.385 e. The van der Waals surface area contributed by atoms with Crippen molar-refractivity contribution in [1.82, 2.24) is 14.8 Å². The van der Waals surface area contributed by atoms with Crippen LogP contribution in [0.25, 0.3) is 0 Å². The van der Waals surface area contributed by atoms with Gasteiger partial charge in [-0.05, 0) is 37.6 Å². The van der Waals surface area contributed by atoms with Gasteiger partial charge in [-0.25, -0.2) is 14.3 Å². The number of rotatable bonds is 8. The zero-order valence-electron chi connectivity index (χ0n) is 12.9. The van der Waals surface area contributed by atoms with Crippen LogP contribution in [0.1, 0.15) is 23.7 Å². The molecule has 0 saturated carbocycles. The fourth-order valence-electron chi connectivity index (χ4n) is 2.02. The predicted molar refractivity (Wildman–Crippen MR) is 85.4 cm³/mol. The Bertz CT molecular complexity index is 712. The van der Waals surface area contributed by atoms with Crippen molar-refractivity contribution in [2.75, 3.05) is 13.7 Å². The van der Waals surface area contributed by atoms with E-state index in [0.717, 1.165) is 0 Å². The highest BCUT2D eigenvalue weighted by molar-refractivity contribution is 8.00. The second-order valence-corrected chi connectivity index (χ2v) is 6.25. The van der Waals surface area contributed by atoms with E-state index in [4.69, 9.17) is 4.74 Å². The highest BCUT2D eigenvalue weighted by Crippen LogP contribution is 2.23. The number of methoxy groups -OCH3 is 1. The van der Waals surface area contributed by atoms with E-state index in [1.807, 2.05) is 0 Å². The van der Waals surface area contributed by atoms with E-state index in [-0.39, 0.29) is 17.3 Å². The maximum atomic E-state index is 12.9. The number of carbonyl (C=O) groups is 1. The summed E-state index contributed by atoms with van der Waals surface area (Å²) in [5, 5.41) is 6.36. The molecule has 23 heavy (non-hydrogen) atoms. The lowest BCUT2D eigenvalue weighted by atomic mass is 10.1. The lowest BCUT2D eigenvalue weighted by Gasteiger charge is -2.10. The summed E-state index contributed by atoms with van der Waals surface area (Å²) in [6.45, 7) is 2.73. The number of H-pyrrole nitrogens is 1. The first-order valence-corrected chi connectivity index (χ1v) is 8.01. The summed E-state index contributed by atoms with van der Waals surface area (Å²) < 4.78 is 19.4. The summed E-state index contributed by atoms with van der Waals surface area (Å²) >= 11 is 1.19. The van der Waals surface area contributed by atoms with E-state index < -0.39 is 5.25 Å². The van der Waals surface area contributed by atoms with Crippen molar-refractivity contribution in [2.45, 2.75) is 30.3 Å². The molecule has 6 nitrogen and oxygen atoms in total. The maximum Gasteiger partial charge on any atom is 0.343 e. The summed E-state index contributed by atoms with van der Waals surface area (Å²) in [5.41, 5.74) is 0.111. The van der Waals surface area contributed by atoms with Crippen molar-refractivity contribution >= 4 is 17.5 Å². The van der Waals surface area contributed by atoms with Gasteiger partial charge in [-0.15, -0.1) is 5.10 Å². The average Bonchev–Trinajstić information content (AvgIpc) is 2.88.